The Bertz CT molecular complexity index is 463. The van der Waals surface area contributed by atoms with Gasteiger partial charge < -0.3 is 20.1 Å². The van der Waals surface area contributed by atoms with Gasteiger partial charge in [-0.1, -0.05) is 25.8 Å². The van der Waals surface area contributed by atoms with Crippen LogP contribution in [0.15, 0.2) is 18.2 Å². The molecule has 21 heavy (non-hydrogen) atoms. The quantitative estimate of drug-likeness (QED) is 0.798. The monoisotopic (exact) mass is 294 g/mol. The molecule has 0 aromatic heterocycles. The molecule has 0 fully saturated rings. The largest absolute Gasteiger partial charge is 0.493 e. The number of carbonyl (C=O) groups excluding carboxylic acids is 1. The zero-order valence-electron chi connectivity index (χ0n) is 13.4. The highest BCUT2D eigenvalue weighted by atomic mass is 16.5. The number of amides is 1. The van der Waals surface area contributed by atoms with Crippen molar-refractivity contribution in [1.82, 2.24) is 4.90 Å². The molecule has 0 radical (unpaired) electrons. The van der Waals surface area contributed by atoms with Crippen molar-refractivity contribution in [2.45, 2.75) is 38.8 Å². The molecule has 1 amide bonds. The van der Waals surface area contributed by atoms with Crippen molar-refractivity contribution < 1.29 is 14.3 Å². The minimum atomic E-state index is -0.421. The van der Waals surface area contributed by atoms with Crippen LogP contribution in [0.1, 0.15) is 31.7 Å². The minimum Gasteiger partial charge on any atom is -0.493 e. The molecule has 0 heterocycles. The third-order valence-corrected chi connectivity index (χ3v) is 3.43. The van der Waals surface area contributed by atoms with Gasteiger partial charge in [-0.05, 0) is 24.1 Å². The molecule has 1 aromatic carbocycles. The van der Waals surface area contributed by atoms with Crippen molar-refractivity contribution in [3.8, 4) is 11.5 Å². The lowest BCUT2D eigenvalue weighted by Crippen LogP contribution is -2.41. The minimum absolute atomic E-state index is 0.0294. The van der Waals surface area contributed by atoms with Gasteiger partial charge in [0, 0.05) is 13.6 Å². The second-order valence-electron chi connectivity index (χ2n) is 5.13. The van der Waals surface area contributed by atoms with Crippen LogP contribution < -0.4 is 15.2 Å². The smallest absolute Gasteiger partial charge is 0.239 e. The highest BCUT2D eigenvalue weighted by Gasteiger charge is 2.18. The van der Waals surface area contributed by atoms with Gasteiger partial charge in [0.25, 0.3) is 0 Å². The highest BCUT2D eigenvalue weighted by Crippen LogP contribution is 2.27. The van der Waals surface area contributed by atoms with E-state index < -0.39 is 6.04 Å². The second-order valence-corrected chi connectivity index (χ2v) is 5.13. The van der Waals surface area contributed by atoms with E-state index in [0.29, 0.717) is 18.0 Å². The Hall–Kier alpha value is -1.75. The third-order valence-electron chi connectivity index (χ3n) is 3.43. The Labute approximate surface area is 127 Å². The normalized spacial score (nSPS) is 11.9. The molecule has 0 saturated heterocycles. The molecule has 118 valence electrons. The van der Waals surface area contributed by atoms with Crippen LogP contribution >= 0.6 is 0 Å². The molecule has 1 unspecified atom stereocenters. The van der Waals surface area contributed by atoms with E-state index in [0.717, 1.165) is 24.8 Å². The number of carbonyl (C=O) groups is 1. The fourth-order valence-electron chi connectivity index (χ4n) is 2.16. The maximum absolute atomic E-state index is 12.2. The summed E-state index contributed by atoms with van der Waals surface area (Å²) in [6, 6.07) is 5.21. The molecule has 1 aromatic rings. The van der Waals surface area contributed by atoms with Crippen molar-refractivity contribution in [3.05, 3.63) is 23.8 Å². The molecule has 1 atom stereocenters. The fourth-order valence-corrected chi connectivity index (χ4v) is 2.16. The zero-order valence-corrected chi connectivity index (χ0v) is 13.4. The lowest BCUT2D eigenvalue weighted by molar-refractivity contribution is -0.132. The first-order chi connectivity index (χ1) is 10.0. The number of likely N-dealkylation sites (N-methyl/N-ethyl adjacent to an activating group) is 1. The van der Waals surface area contributed by atoms with Crippen LogP contribution in [0.3, 0.4) is 0 Å². The lowest BCUT2D eigenvalue weighted by Gasteiger charge is -2.22. The first kappa shape index (κ1) is 17.3. The molecule has 0 bridgehead atoms. The Morgan fingerprint density at radius 1 is 1.29 bits per heavy atom. The van der Waals surface area contributed by atoms with Crippen LogP contribution in [0.25, 0.3) is 0 Å². The zero-order chi connectivity index (χ0) is 15.8. The molecular formula is C16H26N2O3. The van der Waals surface area contributed by atoms with Crippen molar-refractivity contribution in [3.63, 3.8) is 0 Å². The third kappa shape index (κ3) is 4.93. The molecular weight excluding hydrogens is 268 g/mol. The predicted molar refractivity (Wildman–Crippen MR) is 83.5 cm³/mol. The summed E-state index contributed by atoms with van der Waals surface area (Å²) in [7, 11) is 4.96. The van der Waals surface area contributed by atoms with Gasteiger partial charge in [-0.15, -0.1) is 0 Å². The van der Waals surface area contributed by atoms with E-state index in [9.17, 15) is 4.79 Å². The molecule has 5 heteroatoms. The summed E-state index contributed by atoms with van der Waals surface area (Å²) < 4.78 is 10.5. The lowest BCUT2D eigenvalue weighted by atomic mass is 10.1. The van der Waals surface area contributed by atoms with Crippen LogP contribution in [-0.4, -0.2) is 38.1 Å². The average Bonchev–Trinajstić information content (AvgIpc) is 2.51. The Morgan fingerprint density at radius 2 is 1.95 bits per heavy atom. The first-order valence-corrected chi connectivity index (χ1v) is 7.24. The van der Waals surface area contributed by atoms with Crippen molar-refractivity contribution in [2.75, 3.05) is 21.3 Å². The number of hydrogen-bond donors (Lipinski definition) is 1. The fraction of sp³-hybridized carbons (Fsp3) is 0.562. The van der Waals surface area contributed by atoms with Crippen LogP contribution in [0.4, 0.5) is 0 Å². The summed E-state index contributed by atoms with van der Waals surface area (Å²) in [4.78, 5) is 13.8. The maximum Gasteiger partial charge on any atom is 0.239 e. The van der Waals surface area contributed by atoms with Gasteiger partial charge in [0.2, 0.25) is 5.91 Å². The van der Waals surface area contributed by atoms with Gasteiger partial charge >= 0.3 is 0 Å². The number of ether oxygens (including phenoxy) is 2. The van der Waals surface area contributed by atoms with Crippen LogP contribution in [0.2, 0.25) is 0 Å². The van der Waals surface area contributed by atoms with Gasteiger partial charge in [-0.2, -0.15) is 0 Å². The van der Waals surface area contributed by atoms with E-state index in [1.165, 1.54) is 0 Å². The second kappa shape index (κ2) is 8.52. The first-order valence-electron chi connectivity index (χ1n) is 7.24. The maximum atomic E-state index is 12.2. The van der Waals surface area contributed by atoms with E-state index in [-0.39, 0.29) is 5.91 Å². The Morgan fingerprint density at radius 3 is 2.52 bits per heavy atom. The number of hydrogen-bond acceptors (Lipinski definition) is 4. The summed E-state index contributed by atoms with van der Waals surface area (Å²) in [6.45, 7) is 2.59. The highest BCUT2D eigenvalue weighted by molar-refractivity contribution is 5.81. The van der Waals surface area contributed by atoms with E-state index in [1.54, 1.807) is 26.2 Å². The number of methoxy groups -OCH3 is 2. The number of nitrogens with two attached hydrogens (primary N) is 1. The van der Waals surface area contributed by atoms with Gasteiger partial charge in [0.05, 0.1) is 20.3 Å². The van der Waals surface area contributed by atoms with E-state index in [2.05, 4.69) is 6.92 Å². The summed E-state index contributed by atoms with van der Waals surface area (Å²) in [6.07, 6.45) is 2.74. The molecule has 0 aliphatic carbocycles. The predicted octanol–water partition coefficient (Wildman–Crippen LogP) is 2.18. The standard InChI is InChI=1S/C16H26N2O3/c1-5-6-7-13(17)16(19)18(2)11-12-8-9-14(20-3)15(10-12)21-4/h8-10,13H,5-7,11,17H2,1-4H3. The Balaban J connectivity index is 2.69. The van der Waals surface area contributed by atoms with Crippen LogP contribution in [0.5, 0.6) is 11.5 Å². The topological polar surface area (TPSA) is 64.8 Å². The van der Waals surface area contributed by atoms with E-state index >= 15 is 0 Å². The van der Waals surface area contributed by atoms with Crippen LogP contribution in [0, 0.1) is 0 Å². The molecule has 0 aliphatic heterocycles. The van der Waals surface area contributed by atoms with Gasteiger partial charge in [0.15, 0.2) is 11.5 Å². The van der Waals surface area contributed by atoms with Crippen molar-refractivity contribution >= 4 is 5.91 Å². The SMILES string of the molecule is CCCCC(N)C(=O)N(C)Cc1ccc(OC)c(OC)c1. The van der Waals surface area contributed by atoms with Crippen LogP contribution in [-0.2, 0) is 11.3 Å². The average molecular weight is 294 g/mol. The number of rotatable bonds is 8. The molecule has 0 saturated carbocycles. The number of benzene rings is 1. The van der Waals surface area contributed by atoms with Gasteiger partial charge in [0.1, 0.15) is 0 Å². The summed E-state index contributed by atoms with van der Waals surface area (Å²) in [5.41, 5.74) is 6.90. The number of unbranched alkanes of at least 4 members (excludes halogenated alkanes) is 1. The van der Waals surface area contributed by atoms with E-state index in [4.69, 9.17) is 15.2 Å². The number of nitrogens with zero attached hydrogens (tertiary/aromatic N) is 1. The summed E-state index contributed by atoms with van der Waals surface area (Å²) in [5, 5.41) is 0. The molecule has 5 nitrogen and oxygen atoms in total. The Kier molecular flexibility index (Phi) is 7.02. The molecule has 1 rings (SSSR count). The van der Waals surface area contributed by atoms with Crippen molar-refractivity contribution in [2.24, 2.45) is 5.73 Å². The molecule has 0 spiro atoms. The van der Waals surface area contributed by atoms with Gasteiger partial charge in [-0.3, -0.25) is 4.79 Å². The summed E-state index contributed by atoms with van der Waals surface area (Å²) in [5.74, 6) is 1.30. The van der Waals surface area contributed by atoms with Gasteiger partial charge in [-0.25, -0.2) is 0 Å². The van der Waals surface area contributed by atoms with Crippen molar-refractivity contribution in [1.29, 1.82) is 0 Å². The molecule has 2 N–H and O–H groups in total. The summed E-state index contributed by atoms with van der Waals surface area (Å²) >= 11 is 0. The molecule has 0 aliphatic rings. The van der Waals surface area contributed by atoms with E-state index in [1.807, 2.05) is 18.2 Å².